The molecule has 3 rings (SSSR count). The van der Waals surface area contributed by atoms with Crippen molar-refractivity contribution in [3.05, 3.63) is 6.33 Å². The van der Waals surface area contributed by atoms with Gasteiger partial charge in [-0.2, -0.15) is 13.2 Å². The van der Waals surface area contributed by atoms with Gasteiger partial charge in [-0.25, -0.2) is 15.0 Å². The topological polar surface area (TPSA) is 140 Å². The van der Waals surface area contributed by atoms with Crippen molar-refractivity contribution in [2.24, 2.45) is 0 Å². The lowest BCUT2D eigenvalue weighted by atomic mass is 10.1. The summed E-state index contributed by atoms with van der Waals surface area (Å²) in [5.74, 6) is -0.266. The zero-order valence-corrected chi connectivity index (χ0v) is 12.6. The predicted molar refractivity (Wildman–Crippen MR) is 74.7 cm³/mol. The molecule has 132 valence electrons. The first-order chi connectivity index (χ1) is 11.2. The highest BCUT2D eigenvalue weighted by Crippen LogP contribution is 2.37. The molecule has 13 heteroatoms. The standard InChI is InChI=1S/C11H12F3N5O4S/c12-11(13,14)24-10-17-7(15)4-8(18-10)19(2-16-4)9-6(22)5(21)3(1-20)23-9/h2-3,5-6,9,20-22H,1H2,(H2,15,17,18)/t3-,5+,6-,9+/m0/s1. The highest BCUT2D eigenvalue weighted by atomic mass is 32.2. The lowest BCUT2D eigenvalue weighted by Crippen LogP contribution is -2.33. The first-order valence-electron chi connectivity index (χ1n) is 6.59. The molecular formula is C11H12F3N5O4S. The van der Waals surface area contributed by atoms with Crippen LogP contribution in [-0.4, -0.2) is 65.3 Å². The van der Waals surface area contributed by atoms with Crippen molar-refractivity contribution in [3.8, 4) is 0 Å². The Balaban J connectivity index is 2.03. The maximum atomic E-state index is 12.5. The Labute approximate surface area is 136 Å². The van der Waals surface area contributed by atoms with Crippen molar-refractivity contribution >= 4 is 28.7 Å². The number of thioether (sulfide) groups is 1. The Kier molecular flexibility index (Phi) is 4.29. The van der Waals surface area contributed by atoms with Crippen LogP contribution in [0.3, 0.4) is 0 Å². The number of nitrogens with zero attached hydrogens (tertiary/aromatic N) is 4. The van der Waals surface area contributed by atoms with E-state index in [1.807, 2.05) is 0 Å². The lowest BCUT2D eigenvalue weighted by Gasteiger charge is -2.16. The van der Waals surface area contributed by atoms with Gasteiger partial charge in [-0.3, -0.25) is 4.57 Å². The van der Waals surface area contributed by atoms with Crippen LogP contribution in [0.1, 0.15) is 6.23 Å². The summed E-state index contributed by atoms with van der Waals surface area (Å²) in [6.07, 6.45) is -3.90. The number of anilines is 1. The highest BCUT2D eigenvalue weighted by Gasteiger charge is 2.44. The fraction of sp³-hybridized carbons (Fsp3) is 0.545. The molecule has 0 aliphatic carbocycles. The molecule has 1 fully saturated rings. The number of imidazole rings is 1. The van der Waals surface area contributed by atoms with Gasteiger partial charge in [-0.05, 0) is 0 Å². The summed E-state index contributed by atoms with van der Waals surface area (Å²) < 4.78 is 44.0. The molecule has 2 aromatic rings. The summed E-state index contributed by atoms with van der Waals surface area (Å²) in [5.41, 5.74) is 0.932. The van der Waals surface area contributed by atoms with Gasteiger partial charge in [0.05, 0.1) is 12.9 Å². The fourth-order valence-electron chi connectivity index (χ4n) is 2.36. The number of aromatic nitrogens is 4. The van der Waals surface area contributed by atoms with Gasteiger partial charge in [-0.1, -0.05) is 0 Å². The number of aliphatic hydroxyl groups excluding tert-OH is 3. The number of rotatable bonds is 3. The first-order valence-corrected chi connectivity index (χ1v) is 7.41. The minimum atomic E-state index is -4.60. The molecule has 0 spiro atoms. The van der Waals surface area contributed by atoms with E-state index in [0.717, 1.165) is 10.9 Å². The van der Waals surface area contributed by atoms with E-state index in [-0.39, 0.29) is 17.0 Å². The second-order valence-corrected chi connectivity index (χ2v) is 6.02. The maximum Gasteiger partial charge on any atom is 0.449 e. The predicted octanol–water partition coefficient (Wildman–Crippen LogP) is -0.368. The Morgan fingerprint density at radius 2 is 2.00 bits per heavy atom. The zero-order valence-electron chi connectivity index (χ0n) is 11.8. The molecule has 1 aliphatic heterocycles. The van der Waals surface area contributed by atoms with Crippen LogP contribution < -0.4 is 5.73 Å². The number of halogens is 3. The summed E-state index contributed by atoms with van der Waals surface area (Å²) >= 11 is -0.545. The molecule has 24 heavy (non-hydrogen) atoms. The van der Waals surface area contributed by atoms with Crippen LogP contribution in [0.25, 0.3) is 11.2 Å². The van der Waals surface area contributed by atoms with Crippen LogP contribution in [0, 0.1) is 0 Å². The average Bonchev–Trinajstić information content (AvgIpc) is 3.00. The SMILES string of the molecule is Nc1nc(SC(F)(F)F)nc2c1ncn2[C@@H]1O[C@@H](CO)[C@@H](O)[C@@H]1O. The molecule has 0 amide bonds. The number of nitrogen functional groups attached to an aromatic ring is 1. The molecular weight excluding hydrogens is 355 g/mol. The summed E-state index contributed by atoms with van der Waals surface area (Å²) in [6, 6.07) is 0. The van der Waals surface area contributed by atoms with E-state index in [1.54, 1.807) is 0 Å². The molecule has 0 saturated carbocycles. The summed E-state index contributed by atoms with van der Waals surface area (Å²) in [5, 5.41) is 28.3. The van der Waals surface area contributed by atoms with Crippen molar-refractivity contribution in [2.75, 3.05) is 12.3 Å². The van der Waals surface area contributed by atoms with Crippen LogP contribution in [0.2, 0.25) is 0 Å². The smallest absolute Gasteiger partial charge is 0.394 e. The highest BCUT2D eigenvalue weighted by molar-refractivity contribution is 8.00. The summed E-state index contributed by atoms with van der Waals surface area (Å²) in [7, 11) is 0. The molecule has 9 nitrogen and oxygen atoms in total. The number of aliphatic hydroxyl groups is 3. The lowest BCUT2D eigenvalue weighted by molar-refractivity contribution is -0.0511. The minimum absolute atomic E-state index is 0.0271. The van der Waals surface area contributed by atoms with E-state index in [0.29, 0.717) is 0 Å². The normalized spacial score (nSPS) is 27.9. The third-order valence-corrected chi connectivity index (χ3v) is 4.02. The van der Waals surface area contributed by atoms with Crippen molar-refractivity contribution in [2.45, 2.75) is 35.2 Å². The van der Waals surface area contributed by atoms with Crippen molar-refractivity contribution in [1.29, 1.82) is 0 Å². The van der Waals surface area contributed by atoms with Crippen LogP contribution in [0.4, 0.5) is 19.0 Å². The molecule has 0 unspecified atom stereocenters. The van der Waals surface area contributed by atoms with Gasteiger partial charge in [0, 0.05) is 11.8 Å². The van der Waals surface area contributed by atoms with Crippen LogP contribution >= 0.6 is 11.8 Å². The monoisotopic (exact) mass is 367 g/mol. The number of ether oxygens (including phenoxy) is 1. The third-order valence-electron chi connectivity index (χ3n) is 3.43. The molecule has 0 bridgehead atoms. The molecule has 5 N–H and O–H groups in total. The van der Waals surface area contributed by atoms with Crippen molar-refractivity contribution in [3.63, 3.8) is 0 Å². The van der Waals surface area contributed by atoms with Crippen molar-refractivity contribution < 1.29 is 33.2 Å². The molecule has 2 aromatic heterocycles. The van der Waals surface area contributed by atoms with Gasteiger partial charge in [0.1, 0.15) is 23.8 Å². The number of nitrogens with two attached hydrogens (primary N) is 1. The van der Waals surface area contributed by atoms with E-state index < -0.39 is 53.6 Å². The fourth-order valence-corrected chi connectivity index (χ4v) is 2.85. The van der Waals surface area contributed by atoms with Gasteiger partial charge in [0.15, 0.2) is 22.8 Å². The number of hydrogen-bond acceptors (Lipinski definition) is 9. The van der Waals surface area contributed by atoms with Crippen LogP contribution in [-0.2, 0) is 4.74 Å². The van der Waals surface area contributed by atoms with Crippen LogP contribution in [0.5, 0.6) is 0 Å². The quantitative estimate of drug-likeness (QED) is 0.423. The molecule has 0 aromatic carbocycles. The van der Waals surface area contributed by atoms with E-state index >= 15 is 0 Å². The average molecular weight is 367 g/mol. The molecule has 1 aliphatic rings. The zero-order chi connectivity index (χ0) is 17.6. The number of hydrogen-bond donors (Lipinski definition) is 4. The van der Waals surface area contributed by atoms with E-state index in [9.17, 15) is 23.4 Å². The maximum absolute atomic E-state index is 12.5. The molecule has 4 atom stereocenters. The Morgan fingerprint density at radius 1 is 1.29 bits per heavy atom. The van der Waals surface area contributed by atoms with Gasteiger partial charge in [0.25, 0.3) is 0 Å². The van der Waals surface area contributed by atoms with Gasteiger partial charge < -0.3 is 25.8 Å². The second kappa shape index (κ2) is 6.00. The Hall–Kier alpha value is -1.67. The number of alkyl halides is 3. The molecule has 3 heterocycles. The largest absolute Gasteiger partial charge is 0.449 e. The van der Waals surface area contributed by atoms with E-state index in [4.69, 9.17) is 15.6 Å². The number of fused-ring (bicyclic) bond motifs is 1. The second-order valence-electron chi connectivity index (χ2n) is 4.99. The summed E-state index contributed by atoms with van der Waals surface area (Å²) in [6.45, 7) is -0.548. The summed E-state index contributed by atoms with van der Waals surface area (Å²) in [4.78, 5) is 11.2. The van der Waals surface area contributed by atoms with Crippen LogP contribution in [0.15, 0.2) is 11.5 Å². The van der Waals surface area contributed by atoms with Crippen molar-refractivity contribution in [1.82, 2.24) is 19.5 Å². The Morgan fingerprint density at radius 3 is 2.58 bits per heavy atom. The molecule has 1 saturated heterocycles. The minimum Gasteiger partial charge on any atom is -0.394 e. The van der Waals surface area contributed by atoms with Gasteiger partial charge in [-0.15, -0.1) is 0 Å². The first kappa shape index (κ1) is 17.2. The van der Waals surface area contributed by atoms with E-state index in [2.05, 4.69) is 15.0 Å². The molecule has 0 radical (unpaired) electrons. The van der Waals surface area contributed by atoms with E-state index in [1.165, 1.54) is 0 Å². The van der Waals surface area contributed by atoms with Gasteiger partial charge in [0.2, 0.25) is 0 Å². The third kappa shape index (κ3) is 3.00. The van der Waals surface area contributed by atoms with Gasteiger partial charge >= 0.3 is 5.51 Å². The Bertz CT molecular complexity index is 757.